The van der Waals surface area contributed by atoms with E-state index in [4.69, 9.17) is 10.5 Å². The molecule has 3 rings (SSSR count). The van der Waals surface area contributed by atoms with E-state index < -0.39 is 0 Å². The first-order chi connectivity index (χ1) is 9.46. The van der Waals surface area contributed by atoms with Crippen molar-refractivity contribution in [3.05, 3.63) is 41.3 Å². The first kappa shape index (κ1) is 13.2. The van der Waals surface area contributed by atoms with E-state index in [9.17, 15) is 4.79 Å². The molecular formula is C16H17NO2S. The zero-order valence-corrected chi connectivity index (χ0v) is 12.4. The molecule has 104 valence electrons. The van der Waals surface area contributed by atoms with Crippen molar-refractivity contribution in [2.75, 3.05) is 0 Å². The molecule has 1 aromatic heterocycles. The minimum absolute atomic E-state index is 0.284. The second-order valence-electron chi connectivity index (χ2n) is 5.75. The maximum atomic E-state index is 11.8. The second kappa shape index (κ2) is 4.63. The van der Waals surface area contributed by atoms with Crippen LogP contribution in [0.15, 0.2) is 35.7 Å². The largest absolute Gasteiger partial charge is 0.488 e. The van der Waals surface area contributed by atoms with Gasteiger partial charge in [0.2, 0.25) is 5.91 Å². The second-order valence-corrected chi connectivity index (χ2v) is 6.70. The van der Waals surface area contributed by atoms with Gasteiger partial charge in [-0.15, -0.1) is 11.3 Å². The maximum absolute atomic E-state index is 11.8. The molecule has 2 heterocycles. The van der Waals surface area contributed by atoms with Crippen LogP contribution >= 0.6 is 11.3 Å². The number of benzene rings is 1. The molecule has 20 heavy (non-hydrogen) atoms. The van der Waals surface area contributed by atoms with Crippen molar-refractivity contribution in [2.45, 2.75) is 31.8 Å². The number of rotatable bonds is 2. The standard InChI is InChI=1S/C16H17NO2S/c1-16(2)9-12(15(17)18)11-8-10(5-6-13(11)19-16)14-4-3-7-20-14/h3-8,12H,9H2,1-2H3,(H2,17,18). The summed E-state index contributed by atoms with van der Waals surface area (Å²) >= 11 is 1.68. The Hall–Kier alpha value is -1.81. The zero-order chi connectivity index (χ0) is 14.3. The van der Waals surface area contributed by atoms with Crippen molar-refractivity contribution >= 4 is 17.2 Å². The van der Waals surface area contributed by atoms with Gasteiger partial charge >= 0.3 is 0 Å². The van der Waals surface area contributed by atoms with Crippen LogP contribution in [-0.2, 0) is 4.79 Å². The van der Waals surface area contributed by atoms with Crippen molar-refractivity contribution in [3.8, 4) is 16.2 Å². The number of carbonyl (C=O) groups excluding carboxylic acids is 1. The SMILES string of the molecule is CC1(C)CC(C(N)=O)c2cc(-c3cccs3)ccc2O1. The Balaban J connectivity index is 2.09. The highest BCUT2D eigenvalue weighted by Gasteiger charge is 2.36. The third-order valence-corrected chi connectivity index (χ3v) is 4.54. The van der Waals surface area contributed by atoms with Crippen molar-refractivity contribution in [1.29, 1.82) is 0 Å². The molecule has 3 nitrogen and oxygen atoms in total. The van der Waals surface area contributed by atoms with Gasteiger partial charge in [0.15, 0.2) is 0 Å². The summed E-state index contributed by atoms with van der Waals surface area (Å²) in [4.78, 5) is 13.0. The van der Waals surface area contributed by atoms with Crippen LogP contribution in [0.3, 0.4) is 0 Å². The number of amides is 1. The summed E-state index contributed by atoms with van der Waals surface area (Å²) in [5.74, 6) is 0.199. The summed E-state index contributed by atoms with van der Waals surface area (Å²) in [7, 11) is 0. The predicted octanol–water partition coefficient (Wildman–Crippen LogP) is 3.55. The first-order valence-electron chi connectivity index (χ1n) is 6.62. The Labute approximate surface area is 122 Å². The van der Waals surface area contributed by atoms with Crippen LogP contribution in [0.5, 0.6) is 5.75 Å². The van der Waals surface area contributed by atoms with Crippen LogP contribution in [-0.4, -0.2) is 11.5 Å². The average Bonchev–Trinajstić information content (AvgIpc) is 2.90. The van der Waals surface area contributed by atoms with Gasteiger partial charge in [0.05, 0.1) is 5.92 Å². The number of hydrogen-bond donors (Lipinski definition) is 1. The van der Waals surface area contributed by atoms with Gasteiger partial charge in [-0.3, -0.25) is 4.79 Å². The van der Waals surface area contributed by atoms with Crippen molar-refractivity contribution in [3.63, 3.8) is 0 Å². The van der Waals surface area contributed by atoms with Crippen LogP contribution < -0.4 is 10.5 Å². The van der Waals surface area contributed by atoms with Crippen molar-refractivity contribution in [1.82, 2.24) is 0 Å². The zero-order valence-electron chi connectivity index (χ0n) is 11.6. The summed E-state index contributed by atoms with van der Waals surface area (Å²) in [5, 5.41) is 2.04. The van der Waals surface area contributed by atoms with Gasteiger partial charge in [0.1, 0.15) is 11.4 Å². The minimum Gasteiger partial charge on any atom is -0.488 e. The number of thiophene rings is 1. The lowest BCUT2D eigenvalue weighted by molar-refractivity contribution is -0.121. The van der Waals surface area contributed by atoms with E-state index in [0.717, 1.165) is 16.9 Å². The molecule has 0 aliphatic carbocycles. The number of fused-ring (bicyclic) bond motifs is 1. The summed E-state index contributed by atoms with van der Waals surface area (Å²) < 4.78 is 5.97. The fourth-order valence-corrected chi connectivity index (χ4v) is 3.43. The van der Waals surface area contributed by atoms with Crippen LogP contribution in [0.2, 0.25) is 0 Å². The number of nitrogens with two attached hydrogens (primary N) is 1. The van der Waals surface area contributed by atoms with Gasteiger partial charge < -0.3 is 10.5 Å². The number of hydrogen-bond acceptors (Lipinski definition) is 3. The van der Waals surface area contributed by atoms with Gasteiger partial charge in [-0.1, -0.05) is 6.07 Å². The number of primary amides is 1. The Morgan fingerprint density at radius 2 is 2.20 bits per heavy atom. The third kappa shape index (κ3) is 2.31. The fourth-order valence-electron chi connectivity index (χ4n) is 2.70. The van der Waals surface area contributed by atoms with E-state index in [-0.39, 0.29) is 17.4 Å². The molecule has 1 aliphatic heterocycles. The monoisotopic (exact) mass is 287 g/mol. The van der Waals surface area contributed by atoms with Crippen molar-refractivity contribution < 1.29 is 9.53 Å². The molecule has 0 saturated heterocycles. The fraction of sp³-hybridized carbons (Fsp3) is 0.312. The summed E-state index contributed by atoms with van der Waals surface area (Å²) in [6.45, 7) is 3.97. The lowest BCUT2D eigenvalue weighted by Crippen LogP contribution is -2.39. The maximum Gasteiger partial charge on any atom is 0.225 e. The molecule has 1 aliphatic rings. The molecule has 1 unspecified atom stereocenters. The highest BCUT2D eigenvalue weighted by atomic mass is 32.1. The van der Waals surface area contributed by atoms with Gasteiger partial charge in [0.25, 0.3) is 0 Å². The van der Waals surface area contributed by atoms with E-state index in [1.807, 2.05) is 43.5 Å². The average molecular weight is 287 g/mol. The van der Waals surface area contributed by atoms with Gasteiger partial charge in [0, 0.05) is 16.9 Å². The normalized spacial score (nSPS) is 20.0. The molecule has 0 spiro atoms. The highest BCUT2D eigenvalue weighted by molar-refractivity contribution is 7.13. The molecule has 2 aromatic rings. The first-order valence-corrected chi connectivity index (χ1v) is 7.50. The minimum atomic E-state index is -0.364. The molecule has 4 heteroatoms. The smallest absolute Gasteiger partial charge is 0.225 e. The third-order valence-electron chi connectivity index (χ3n) is 3.62. The quantitative estimate of drug-likeness (QED) is 0.918. The topological polar surface area (TPSA) is 52.3 Å². The highest BCUT2D eigenvalue weighted by Crippen LogP contribution is 2.42. The molecule has 0 radical (unpaired) electrons. The Morgan fingerprint density at radius 1 is 1.40 bits per heavy atom. The lowest BCUT2D eigenvalue weighted by Gasteiger charge is -2.36. The number of carbonyl (C=O) groups is 1. The van der Waals surface area contributed by atoms with Crippen LogP contribution in [0.1, 0.15) is 31.7 Å². The van der Waals surface area contributed by atoms with E-state index >= 15 is 0 Å². The van der Waals surface area contributed by atoms with E-state index in [0.29, 0.717) is 6.42 Å². The molecule has 1 atom stereocenters. The van der Waals surface area contributed by atoms with Crippen LogP contribution in [0, 0.1) is 0 Å². The van der Waals surface area contributed by atoms with E-state index in [1.165, 1.54) is 4.88 Å². The molecule has 2 N–H and O–H groups in total. The lowest BCUT2D eigenvalue weighted by atomic mass is 9.83. The van der Waals surface area contributed by atoms with Gasteiger partial charge in [-0.05, 0) is 49.1 Å². The summed E-state index contributed by atoms with van der Waals surface area (Å²) in [6, 6.07) is 10.1. The van der Waals surface area contributed by atoms with Gasteiger partial charge in [-0.25, -0.2) is 0 Å². The Kier molecular flexibility index (Phi) is 3.05. The van der Waals surface area contributed by atoms with Crippen LogP contribution in [0.4, 0.5) is 0 Å². The molecular weight excluding hydrogens is 270 g/mol. The molecule has 1 amide bonds. The summed E-state index contributed by atoms with van der Waals surface area (Å²) in [6.07, 6.45) is 0.614. The van der Waals surface area contributed by atoms with Gasteiger partial charge in [-0.2, -0.15) is 0 Å². The Bertz CT molecular complexity index is 647. The predicted molar refractivity (Wildman–Crippen MR) is 81.0 cm³/mol. The summed E-state index contributed by atoms with van der Waals surface area (Å²) in [5.41, 5.74) is 7.23. The van der Waals surface area contributed by atoms with Crippen molar-refractivity contribution in [2.24, 2.45) is 5.73 Å². The van der Waals surface area contributed by atoms with E-state index in [2.05, 4.69) is 6.07 Å². The number of ether oxygens (including phenoxy) is 1. The Morgan fingerprint density at radius 3 is 2.85 bits per heavy atom. The van der Waals surface area contributed by atoms with E-state index in [1.54, 1.807) is 11.3 Å². The molecule has 0 fully saturated rings. The molecule has 1 aromatic carbocycles. The molecule has 0 saturated carbocycles. The molecule has 0 bridgehead atoms. The van der Waals surface area contributed by atoms with Crippen LogP contribution in [0.25, 0.3) is 10.4 Å².